The van der Waals surface area contributed by atoms with Gasteiger partial charge >= 0.3 is 0 Å². The molecule has 1 aromatic heterocycles. The molecule has 0 saturated carbocycles. The zero-order valence-electron chi connectivity index (χ0n) is 15.8. The number of hydrogen-bond acceptors (Lipinski definition) is 4. The lowest BCUT2D eigenvalue weighted by Gasteiger charge is -2.37. The fourth-order valence-corrected chi connectivity index (χ4v) is 3.22. The number of hydrogen-bond donors (Lipinski definition) is 1. The Morgan fingerprint density at radius 1 is 0.963 bits per heavy atom. The minimum atomic E-state index is -0.529. The molecule has 1 aromatic carbocycles. The standard InChI is InChI=1S/C21H26N4O2/c1-16(2)19(23-20(26)17-8-4-3-5-9-17)21(27)25-14-12-24(13-15-25)18-10-6-7-11-22-18/h3-11,16,19H,12-15H2,1-2H3,(H,23,26). The molecule has 1 aliphatic heterocycles. The first kappa shape index (κ1) is 18.9. The molecule has 1 unspecified atom stereocenters. The predicted octanol–water partition coefficient (Wildman–Crippen LogP) is 2.18. The van der Waals surface area contributed by atoms with Crippen LogP contribution in [0.3, 0.4) is 0 Å². The molecule has 6 nitrogen and oxygen atoms in total. The summed E-state index contributed by atoms with van der Waals surface area (Å²) < 4.78 is 0. The van der Waals surface area contributed by atoms with Gasteiger partial charge in [-0.2, -0.15) is 0 Å². The van der Waals surface area contributed by atoms with Gasteiger partial charge in [-0.25, -0.2) is 4.98 Å². The van der Waals surface area contributed by atoms with Gasteiger partial charge in [-0.15, -0.1) is 0 Å². The summed E-state index contributed by atoms with van der Waals surface area (Å²) in [5, 5.41) is 2.92. The third-order valence-corrected chi connectivity index (χ3v) is 4.82. The lowest BCUT2D eigenvalue weighted by molar-refractivity contribution is -0.134. The van der Waals surface area contributed by atoms with Gasteiger partial charge in [-0.05, 0) is 30.2 Å². The van der Waals surface area contributed by atoms with Gasteiger partial charge in [0.2, 0.25) is 5.91 Å². The Kier molecular flexibility index (Phi) is 6.06. The summed E-state index contributed by atoms with van der Waals surface area (Å²) in [5.74, 6) is 0.714. The van der Waals surface area contributed by atoms with Crippen molar-refractivity contribution >= 4 is 17.6 Å². The van der Waals surface area contributed by atoms with Crippen LogP contribution in [0, 0.1) is 5.92 Å². The third kappa shape index (κ3) is 4.64. The van der Waals surface area contributed by atoms with Crippen molar-refractivity contribution < 1.29 is 9.59 Å². The summed E-state index contributed by atoms with van der Waals surface area (Å²) in [5.41, 5.74) is 0.566. The Morgan fingerprint density at radius 2 is 1.63 bits per heavy atom. The molecule has 2 amide bonds. The average molecular weight is 366 g/mol. The van der Waals surface area contributed by atoms with Gasteiger partial charge in [-0.3, -0.25) is 9.59 Å². The number of amides is 2. The summed E-state index contributed by atoms with van der Waals surface area (Å²) in [6.45, 7) is 6.63. The minimum absolute atomic E-state index is 0.0129. The largest absolute Gasteiger partial charge is 0.353 e. The highest BCUT2D eigenvalue weighted by atomic mass is 16.2. The summed E-state index contributed by atoms with van der Waals surface area (Å²) in [4.78, 5) is 33.9. The van der Waals surface area contributed by atoms with Crippen LogP contribution >= 0.6 is 0 Å². The Labute approximate surface area is 160 Å². The number of pyridine rings is 1. The smallest absolute Gasteiger partial charge is 0.251 e. The van der Waals surface area contributed by atoms with E-state index in [-0.39, 0.29) is 17.7 Å². The Bertz CT molecular complexity index is 756. The van der Waals surface area contributed by atoms with E-state index in [0.29, 0.717) is 18.7 Å². The van der Waals surface area contributed by atoms with Gasteiger partial charge in [0.15, 0.2) is 0 Å². The number of nitrogens with zero attached hydrogens (tertiary/aromatic N) is 3. The molecule has 1 N–H and O–H groups in total. The van der Waals surface area contributed by atoms with Crippen LogP contribution < -0.4 is 10.2 Å². The summed E-state index contributed by atoms with van der Waals surface area (Å²) in [6, 6.07) is 14.3. The molecule has 0 radical (unpaired) electrons. The van der Waals surface area contributed by atoms with Gasteiger partial charge in [-0.1, -0.05) is 38.1 Å². The highest BCUT2D eigenvalue weighted by molar-refractivity contribution is 5.97. The molecular weight excluding hydrogens is 340 g/mol. The molecule has 3 rings (SSSR count). The number of rotatable bonds is 5. The van der Waals surface area contributed by atoms with Crippen molar-refractivity contribution in [3.8, 4) is 0 Å². The number of benzene rings is 1. The molecule has 0 aliphatic carbocycles. The Balaban J connectivity index is 1.61. The summed E-state index contributed by atoms with van der Waals surface area (Å²) in [7, 11) is 0. The predicted molar refractivity (Wildman–Crippen MR) is 106 cm³/mol. The minimum Gasteiger partial charge on any atom is -0.353 e. The molecule has 1 saturated heterocycles. The van der Waals surface area contributed by atoms with E-state index in [9.17, 15) is 9.59 Å². The second kappa shape index (κ2) is 8.66. The lowest BCUT2D eigenvalue weighted by Crippen LogP contribution is -2.56. The van der Waals surface area contributed by atoms with Crippen molar-refractivity contribution in [1.82, 2.24) is 15.2 Å². The van der Waals surface area contributed by atoms with E-state index in [1.165, 1.54) is 0 Å². The summed E-state index contributed by atoms with van der Waals surface area (Å²) >= 11 is 0. The first-order chi connectivity index (χ1) is 13.1. The van der Waals surface area contributed by atoms with Crippen LogP contribution in [0.2, 0.25) is 0 Å². The quantitative estimate of drug-likeness (QED) is 0.881. The molecule has 2 aromatic rings. The number of nitrogens with one attached hydrogen (secondary N) is 1. The second-order valence-electron chi connectivity index (χ2n) is 7.06. The van der Waals surface area contributed by atoms with Crippen molar-refractivity contribution in [2.45, 2.75) is 19.9 Å². The molecule has 1 aliphatic rings. The van der Waals surface area contributed by atoms with Crippen LogP contribution in [0.5, 0.6) is 0 Å². The molecule has 142 valence electrons. The molecular formula is C21H26N4O2. The maximum absolute atomic E-state index is 13.0. The normalized spacial score (nSPS) is 15.5. The highest BCUT2D eigenvalue weighted by Gasteiger charge is 2.31. The topological polar surface area (TPSA) is 65.5 Å². The van der Waals surface area contributed by atoms with Crippen molar-refractivity contribution in [2.75, 3.05) is 31.1 Å². The van der Waals surface area contributed by atoms with E-state index < -0.39 is 6.04 Å². The van der Waals surface area contributed by atoms with Gasteiger partial charge in [0.1, 0.15) is 11.9 Å². The zero-order valence-corrected chi connectivity index (χ0v) is 15.8. The van der Waals surface area contributed by atoms with Crippen molar-refractivity contribution in [3.05, 3.63) is 60.3 Å². The van der Waals surface area contributed by atoms with Gasteiger partial charge in [0.05, 0.1) is 0 Å². The van der Waals surface area contributed by atoms with Crippen molar-refractivity contribution in [3.63, 3.8) is 0 Å². The fourth-order valence-electron chi connectivity index (χ4n) is 3.22. The number of carbonyl (C=O) groups is 2. The molecule has 1 atom stereocenters. The van der Waals surface area contributed by atoms with E-state index in [2.05, 4.69) is 15.2 Å². The van der Waals surface area contributed by atoms with Crippen LogP contribution in [0.1, 0.15) is 24.2 Å². The van der Waals surface area contributed by atoms with Crippen LogP contribution in [-0.4, -0.2) is 53.9 Å². The first-order valence-corrected chi connectivity index (χ1v) is 9.37. The number of anilines is 1. The summed E-state index contributed by atoms with van der Waals surface area (Å²) in [6.07, 6.45) is 1.78. The number of piperazine rings is 1. The van der Waals surface area contributed by atoms with Crippen LogP contribution in [0.15, 0.2) is 54.7 Å². The monoisotopic (exact) mass is 366 g/mol. The van der Waals surface area contributed by atoms with E-state index in [4.69, 9.17) is 0 Å². The van der Waals surface area contributed by atoms with E-state index in [0.717, 1.165) is 18.9 Å². The van der Waals surface area contributed by atoms with Crippen molar-refractivity contribution in [2.24, 2.45) is 5.92 Å². The average Bonchev–Trinajstić information content (AvgIpc) is 2.72. The highest BCUT2D eigenvalue weighted by Crippen LogP contribution is 2.15. The second-order valence-corrected chi connectivity index (χ2v) is 7.06. The number of carbonyl (C=O) groups excluding carboxylic acids is 2. The zero-order chi connectivity index (χ0) is 19.2. The fraction of sp³-hybridized carbons (Fsp3) is 0.381. The van der Waals surface area contributed by atoms with Gasteiger partial charge in [0, 0.05) is 37.9 Å². The van der Waals surface area contributed by atoms with E-state index in [1.807, 2.05) is 55.1 Å². The van der Waals surface area contributed by atoms with Crippen LogP contribution in [-0.2, 0) is 4.79 Å². The SMILES string of the molecule is CC(C)C(NC(=O)c1ccccc1)C(=O)N1CCN(c2ccccn2)CC1. The van der Waals surface area contributed by atoms with Crippen LogP contribution in [0.25, 0.3) is 0 Å². The van der Waals surface area contributed by atoms with Gasteiger partial charge < -0.3 is 15.1 Å². The number of aromatic nitrogens is 1. The molecule has 6 heteroatoms. The molecule has 1 fully saturated rings. The molecule has 0 spiro atoms. The third-order valence-electron chi connectivity index (χ3n) is 4.82. The lowest BCUT2D eigenvalue weighted by atomic mass is 10.0. The van der Waals surface area contributed by atoms with E-state index >= 15 is 0 Å². The first-order valence-electron chi connectivity index (χ1n) is 9.37. The van der Waals surface area contributed by atoms with Gasteiger partial charge in [0.25, 0.3) is 5.91 Å². The maximum atomic E-state index is 13.0. The Morgan fingerprint density at radius 3 is 2.22 bits per heavy atom. The Hall–Kier alpha value is -2.89. The molecule has 0 bridgehead atoms. The van der Waals surface area contributed by atoms with E-state index in [1.54, 1.807) is 18.3 Å². The van der Waals surface area contributed by atoms with Crippen molar-refractivity contribution in [1.29, 1.82) is 0 Å². The van der Waals surface area contributed by atoms with Crippen LogP contribution in [0.4, 0.5) is 5.82 Å². The maximum Gasteiger partial charge on any atom is 0.251 e. The molecule has 27 heavy (non-hydrogen) atoms. The molecule has 2 heterocycles.